The molecule has 0 fully saturated rings. The number of aliphatic hydroxyl groups is 3. The van der Waals surface area contributed by atoms with Gasteiger partial charge in [-0.25, -0.2) is 0 Å². The van der Waals surface area contributed by atoms with Gasteiger partial charge in [0, 0.05) is 11.8 Å². The van der Waals surface area contributed by atoms with Gasteiger partial charge in [0.1, 0.15) is 11.4 Å². The van der Waals surface area contributed by atoms with Crippen LogP contribution in [0, 0.1) is 11.8 Å². The fraction of sp³-hybridized carbons (Fsp3) is 0.556. The van der Waals surface area contributed by atoms with Crippen LogP contribution in [0.5, 0.6) is 5.75 Å². The number of hydrogen-bond acceptors (Lipinski definition) is 6. The second kappa shape index (κ2) is 13.1. The van der Waals surface area contributed by atoms with Gasteiger partial charge in [0.25, 0.3) is 0 Å². The third kappa shape index (κ3) is 7.80. The lowest BCUT2D eigenvalue weighted by atomic mass is 9.79. The summed E-state index contributed by atoms with van der Waals surface area (Å²) in [5.74, 6) is -0.0266. The van der Waals surface area contributed by atoms with E-state index in [9.17, 15) is 15.3 Å². The lowest BCUT2D eigenvalue weighted by Crippen LogP contribution is -2.55. The number of ether oxygens (including phenoxy) is 3. The van der Waals surface area contributed by atoms with E-state index in [0.717, 1.165) is 16.9 Å². The van der Waals surface area contributed by atoms with Crippen molar-refractivity contribution >= 4 is 0 Å². The highest BCUT2D eigenvalue weighted by atomic mass is 16.5. The predicted octanol–water partition coefficient (Wildman–Crippen LogP) is 3.95. The van der Waals surface area contributed by atoms with Gasteiger partial charge < -0.3 is 29.5 Å². The first kappa shape index (κ1) is 27.3. The van der Waals surface area contributed by atoms with Crippen LogP contribution in [0.2, 0.25) is 0 Å². The Kier molecular flexibility index (Phi) is 10.8. The van der Waals surface area contributed by atoms with E-state index < -0.39 is 29.8 Å². The molecule has 0 aliphatic carbocycles. The molecule has 6 nitrogen and oxygen atoms in total. The first-order chi connectivity index (χ1) is 15.7. The monoisotopic (exact) mass is 460 g/mol. The van der Waals surface area contributed by atoms with Crippen molar-refractivity contribution < 1.29 is 29.5 Å². The molecule has 0 heterocycles. The number of aliphatic hydroxyl groups excluding tert-OH is 2. The average molecular weight is 461 g/mol. The summed E-state index contributed by atoms with van der Waals surface area (Å²) in [5.41, 5.74) is 0.471. The molecule has 2 rings (SSSR count). The number of methoxy groups -OCH3 is 1. The molecule has 184 valence electrons. The van der Waals surface area contributed by atoms with Crippen molar-refractivity contribution in [3.05, 3.63) is 65.7 Å². The molecule has 0 radical (unpaired) electrons. The Labute approximate surface area is 198 Å². The molecule has 0 aromatic heterocycles. The summed E-state index contributed by atoms with van der Waals surface area (Å²) < 4.78 is 16.9. The quantitative estimate of drug-likeness (QED) is 0.396. The van der Waals surface area contributed by atoms with E-state index in [2.05, 4.69) is 0 Å². The molecule has 6 atom stereocenters. The number of hydrogen-bond donors (Lipinski definition) is 3. The van der Waals surface area contributed by atoms with Crippen LogP contribution < -0.4 is 4.74 Å². The predicted molar refractivity (Wildman–Crippen MR) is 129 cm³/mol. The lowest BCUT2D eigenvalue weighted by molar-refractivity contribution is -0.186. The van der Waals surface area contributed by atoms with E-state index in [1.807, 2.05) is 68.4 Å². The molecule has 6 heteroatoms. The van der Waals surface area contributed by atoms with Crippen molar-refractivity contribution in [3.8, 4) is 5.75 Å². The summed E-state index contributed by atoms with van der Waals surface area (Å²) in [6.07, 6.45) is -2.11. The highest BCUT2D eigenvalue weighted by Crippen LogP contribution is 2.30. The first-order valence-electron chi connectivity index (χ1n) is 11.6. The Balaban J connectivity index is 1.91. The van der Waals surface area contributed by atoms with E-state index >= 15 is 0 Å². The lowest BCUT2D eigenvalue weighted by Gasteiger charge is -2.41. The largest absolute Gasteiger partial charge is 0.497 e. The van der Waals surface area contributed by atoms with Gasteiger partial charge in [-0.15, -0.1) is 0 Å². The van der Waals surface area contributed by atoms with Gasteiger partial charge in [0.05, 0.1) is 45.2 Å². The molecule has 33 heavy (non-hydrogen) atoms. The maximum absolute atomic E-state index is 11.2. The minimum absolute atomic E-state index is 0.213. The standard InChI is InChI=1S/C27H40O6/c1-6-24(33-18-22-12-14-23(31-5)15-13-22)27(4,30)26(29)20(3)25(28)19(2)16-32-17-21-10-8-7-9-11-21/h7-15,19-20,24-26,28-30H,6,16-18H2,1-5H3/t19-,20+,24-,25+,26-,27-/m1/s1. The smallest absolute Gasteiger partial charge is 0.118 e. The maximum atomic E-state index is 11.2. The maximum Gasteiger partial charge on any atom is 0.118 e. The van der Waals surface area contributed by atoms with E-state index in [-0.39, 0.29) is 5.92 Å². The van der Waals surface area contributed by atoms with Crippen LogP contribution in [0.4, 0.5) is 0 Å². The Morgan fingerprint density at radius 1 is 0.909 bits per heavy atom. The van der Waals surface area contributed by atoms with Gasteiger partial charge in [0.2, 0.25) is 0 Å². The summed E-state index contributed by atoms with van der Waals surface area (Å²) in [5, 5.41) is 33.0. The van der Waals surface area contributed by atoms with Gasteiger partial charge in [-0.2, -0.15) is 0 Å². The van der Waals surface area contributed by atoms with Crippen molar-refractivity contribution in [2.75, 3.05) is 13.7 Å². The second-order valence-electron chi connectivity index (χ2n) is 9.05. The molecule has 0 unspecified atom stereocenters. The zero-order valence-corrected chi connectivity index (χ0v) is 20.5. The highest BCUT2D eigenvalue weighted by Gasteiger charge is 2.44. The van der Waals surface area contributed by atoms with Crippen LogP contribution in [-0.4, -0.2) is 52.9 Å². The van der Waals surface area contributed by atoms with Crippen LogP contribution in [0.25, 0.3) is 0 Å². The fourth-order valence-electron chi connectivity index (χ4n) is 4.08. The molecular formula is C27H40O6. The average Bonchev–Trinajstić information content (AvgIpc) is 2.83. The van der Waals surface area contributed by atoms with Crippen molar-refractivity contribution in [2.24, 2.45) is 11.8 Å². The molecule has 2 aromatic rings. The van der Waals surface area contributed by atoms with Crippen molar-refractivity contribution in [2.45, 2.75) is 71.2 Å². The van der Waals surface area contributed by atoms with Crippen LogP contribution in [-0.2, 0) is 22.7 Å². The molecule has 0 amide bonds. The summed E-state index contributed by atoms with van der Waals surface area (Å²) in [6.45, 7) is 8.20. The van der Waals surface area contributed by atoms with Crippen molar-refractivity contribution in [3.63, 3.8) is 0 Å². The SMILES string of the molecule is CC[C@@H](OCc1ccc(OC)cc1)[C@@](C)(O)[C@H](O)[C@@H](C)[C@@H](O)[C@H](C)COCc1ccccc1. The van der Waals surface area contributed by atoms with E-state index in [4.69, 9.17) is 14.2 Å². The molecule has 0 bridgehead atoms. The zero-order chi connectivity index (χ0) is 24.4. The third-order valence-electron chi connectivity index (χ3n) is 6.34. The van der Waals surface area contributed by atoms with Gasteiger partial charge in [-0.05, 0) is 36.6 Å². The molecule has 0 aliphatic heterocycles. The summed E-state index contributed by atoms with van der Waals surface area (Å²) in [4.78, 5) is 0. The van der Waals surface area contributed by atoms with Crippen LogP contribution >= 0.6 is 0 Å². The molecule has 0 saturated heterocycles. The second-order valence-corrected chi connectivity index (χ2v) is 9.05. The topological polar surface area (TPSA) is 88.4 Å². The first-order valence-corrected chi connectivity index (χ1v) is 11.6. The Morgan fingerprint density at radius 3 is 2.09 bits per heavy atom. The molecule has 0 saturated carbocycles. The van der Waals surface area contributed by atoms with E-state index in [0.29, 0.717) is 26.2 Å². The molecule has 2 aromatic carbocycles. The van der Waals surface area contributed by atoms with Crippen LogP contribution in [0.3, 0.4) is 0 Å². The molecule has 3 N–H and O–H groups in total. The molecular weight excluding hydrogens is 420 g/mol. The van der Waals surface area contributed by atoms with Gasteiger partial charge in [-0.1, -0.05) is 63.2 Å². The van der Waals surface area contributed by atoms with Crippen LogP contribution in [0.15, 0.2) is 54.6 Å². The Hall–Kier alpha value is -1.96. The molecule has 0 spiro atoms. The zero-order valence-electron chi connectivity index (χ0n) is 20.5. The van der Waals surface area contributed by atoms with Gasteiger partial charge in [-0.3, -0.25) is 0 Å². The van der Waals surface area contributed by atoms with Gasteiger partial charge >= 0.3 is 0 Å². The minimum atomic E-state index is -1.54. The Morgan fingerprint density at radius 2 is 1.52 bits per heavy atom. The van der Waals surface area contributed by atoms with Crippen molar-refractivity contribution in [1.82, 2.24) is 0 Å². The van der Waals surface area contributed by atoms with Gasteiger partial charge in [0.15, 0.2) is 0 Å². The van der Waals surface area contributed by atoms with Crippen LogP contribution in [0.1, 0.15) is 45.2 Å². The van der Waals surface area contributed by atoms with E-state index in [1.54, 1.807) is 21.0 Å². The number of rotatable bonds is 14. The minimum Gasteiger partial charge on any atom is -0.497 e. The summed E-state index contributed by atoms with van der Waals surface area (Å²) >= 11 is 0. The Bertz CT molecular complexity index is 792. The van der Waals surface area contributed by atoms with E-state index in [1.165, 1.54) is 0 Å². The number of benzene rings is 2. The summed E-state index contributed by atoms with van der Waals surface area (Å²) in [7, 11) is 1.61. The fourth-order valence-corrected chi connectivity index (χ4v) is 4.08. The molecule has 0 aliphatic rings. The highest BCUT2D eigenvalue weighted by molar-refractivity contribution is 5.26. The van der Waals surface area contributed by atoms with Crippen molar-refractivity contribution in [1.29, 1.82) is 0 Å². The normalized spacial score (nSPS) is 18.1. The third-order valence-corrected chi connectivity index (χ3v) is 6.34. The summed E-state index contributed by atoms with van der Waals surface area (Å²) in [6, 6.07) is 17.4.